The maximum atomic E-state index is 8.89. The van der Waals surface area contributed by atoms with E-state index >= 15 is 0 Å². The molecule has 0 aromatic carbocycles. The van der Waals surface area contributed by atoms with Gasteiger partial charge in [-0.15, -0.1) is 0 Å². The van der Waals surface area contributed by atoms with E-state index in [9.17, 15) is 0 Å². The summed E-state index contributed by atoms with van der Waals surface area (Å²) in [5, 5.41) is 8.89. The van der Waals surface area contributed by atoms with Gasteiger partial charge in [-0.05, 0) is 36.0 Å². The third-order valence-electron chi connectivity index (χ3n) is 3.60. The fraction of sp³-hybridized carbons (Fsp3) is 1.00. The van der Waals surface area contributed by atoms with Gasteiger partial charge in [0.1, 0.15) is 0 Å². The smallest absolute Gasteiger partial charge is 0.0459 e. The van der Waals surface area contributed by atoms with Crippen molar-refractivity contribution in [1.29, 1.82) is 0 Å². The highest BCUT2D eigenvalue weighted by molar-refractivity contribution is 4.87. The summed E-state index contributed by atoms with van der Waals surface area (Å²) in [5.41, 5.74) is 0.436. The summed E-state index contributed by atoms with van der Waals surface area (Å²) in [6.45, 7) is 9.67. The van der Waals surface area contributed by atoms with E-state index in [0.717, 1.165) is 11.8 Å². The zero-order valence-corrected chi connectivity index (χ0v) is 8.80. The molecule has 1 heteroatoms. The molecule has 0 heterocycles. The second-order valence-electron chi connectivity index (χ2n) is 5.43. The van der Waals surface area contributed by atoms with Crippen LogP contribution < -0.4 is 0 Å². The normalized spacial score (nSPS) is 32.8. The predicted octanol–water partition coefficient (Wildman–Crippen LogP) is 2.69. The first-order valence-electron chi connectivity index (χ1n) is 5.06. The number of aliphatic hydroxyl groups is 1. The van der Waals surface area contributed by atoms with E-state index in [4.69, 9.17) is 5.11 Å². The van der Waals surface area contributed by atoms with E-state index in [-0.39, 0.29) is 0 Å². The molecule has 1 aliphatic rings. The molecule has 1 saturated carbocycles. The maximum Gasteiger partial charge on any atom is 0.0459 e. The topological polar surface area (TPSA) is 20.2 Å². The van der Waals surface area contributed by atoms with Gasteiger partial charge in [-0.3, -0.25) is 0 Å². The summed E-state index contributed by atoms with van der Waals surface area (Å²) in [7, 11) is 0. The Morgan fingerprint density at radius 1 is 1.33 bits per heavy atom. The first-order chi connectivity index (χ1) is 5.45. The number of hydrogen-bond donors (Lipinski definition) is 1. The van der Waals surface area contributed by atoms with Gasteiger partial charge in [0.15, 0.2) is 0 Å². The minimum absolute atomic E-state index is 0.396. The number of aliphatic hydroxyl groups excluding tert-OH is 1. The van der Waals surface area contributed by atoms with Crippen LogP contribution in [0, 0.1) is 23.2 Å². The number of hydrogen-bond acceptors (Lipinski definition) is 1. The van der Waals surface area contributed by atoms with E-state index in [1.165, 1.54) is 12.8 Å². The fourth-order valence-electron chi connectivity index (χ4n) is 2.05. The molecule has 1 fully saturated rings. The van der Waals surface area contributed by atoms with Crippen molar-refractivity contribution in [2.45, 2.75) is 40.5 Å². The molecule has 12 heavy (non-hydrogen) atoms. The van der Waals surface area contributed by atoms with Crippen LogP contribution in [0.3, 0.4) is 0 Å². The minimum atomic E-state index is 0.396. The Kier molecular flexibility index (Phi) is 2.82. The summed E-state index contributed by atoms with van der Waals surface area (Å²) >= 11 is 0. The lowest BCUT2D eigenvalue weighted by molar-refractivity contribution is 0.0336. The first-order valence-corrected chi connectivity index (χ1v) is 5.06. The van der Waals surface area contributed by atoms with Crippen LogP contribution in [0.1, 0.15) is 40.5 Å². The first kappa shape index (κ1) is 10.0. The van der Waals surface area contributed by atoms with Crippen LogP contribution in [0.4, 0.5) is 0 Å². The quantitative estimate of drug-likeness (QED) is 0.675. The van der Waals surface area contributed by atoms with Gasteiger partial charge in [0, 0.05) is 6.61 Å². The molecule has 1 N–H and O–H groups in total. The summed E-state index contributed by atoms with van der Waals surface area (Å²) in [4.78, 5) is 0. The SMILES string of the molecule is C[C@H](C1CC(CO)C1)C(C)(C)C. The fourth-order valence-corrected chi connectivity index (χ4v) is 2.05. The Bertz CT molecular complexity index is 140. The van der Waals surface area contributed by atoms with Gasteiger partial charge in [-0.2, -0.15) is 0 Å². The van der Waals surface area contributed by atoms with Gasteiger partial charge < -0.3 is 5.11 Å². The summed E-state index contributed by atoms with van der Waals surface area (Å²) < 4.78 is 0. The van der Waals surface area contributed by atoms with Gasteiger partial charge in [-0.25, -0.2) is 0 Å². The van der Waals surface area contributed by atoms with Crippen LogP contribution in [0.5, 0.6) is 0 Å². The average Bonchev–Trinajstić information content (AvgIpc) is 1.83. The Morgan fingerprint density at radius 2 is 1.83 bits per heavy atom. The molecule has 0 aliphatic heterocycles. The highest BCUT2D eigenvalue weighted by Crippen LogP contribution is 2.45. The molecule has 1 aliphatic carbocycles. The zero-order chi connectivity index (χ0) is 9.35. The Hall–Kier alpha value is -0.0400. The lowest BCUT2D eigenvalue weighted by atomic mass is 9.62. The van der Waals surface area contributed by atoms with Crippen LogP contribution >= 0.6 is 0 Å². The molecule has 0 unspecified atom stereocenters. The standard InChI is InChI=1S/C11H22O/c1-8(11(2,3)4)10-5-9(6-10)7-12/h8-10,12H,5-7H2,1-4H3/t8-,9?,10?/m1/s1. The van der Waals surface area contributed by atoms with Crippen LogP contribution in [-0.4, -0.2) is 11.7 Å². The van der Waals surface area contributed by atoms with Crippen molar-refractivity contribution in [3.05, 3.63) is 0 Å². The molecule has 0 amide bonds. The van der Waals surface area contributed by atoms with Crippen LogP contribution in [0.15, 0.2) is 0 Å². The van der Waals surface area contributed by atoms with E-state index in [2.05, 4.69) is 27.7 Å². The highest BCUT2D eigenvalue weighted by Gasteiger charge is 2.37. The summed E-state index contributed by atoms with van der Waals surface area (Å²) in [5.74, 6) is 2.27. The van der Waals surface area contributed by atoms with Crippen LogP contribution in [-0.2, 0) is 0 Å². The van der Waals surface area contributed by atoms with Crippen molar-refractivity contribution in [1.82, 2.24) is 0 Å². The Morgan fingerprint density at radius 3 is 2.17 bits per heavy atom. The van der Waals surface area contributed by atoms with E-state index < -0.39 is 0 Å². The zero-order valence-electron chi connectivity index (χ0n) is 8.80. The molecular formula is C11H22O. The van der Waals surface area contributed by atoms with Crippen molar-refractivity contribution in [3.8, 4) is 0 Å². The Balaban J connectivity index is 2.33. The molecule has 0 saturated heterocycles. The second kappa shape index (κ2) is 3.37. The van der Waals surface area contributed by atoms with Gasteiger partial charge >= 0.3 is 0 Å². The lowest BCUT2D eigenvalue weighted by Crippen LogP contribution is -2.36. The lowest BCUT2D eigenvalue weighted by Gasteiger charge is -2.43. The van der Waals surface area contributed by atoms with Crippen molar-refractivity contribution in [3.63, 3.8) is 0 Å². The second-order valence-corrected chi connectivity index (χ2v) is 5.43. The molecule has 1 nitrogen and oxygen atoms in total. The van der Waals surface area contributed by atoms with Crippen molar-refractivity contribution in [2.75, 3.05) is 6.61 Å². The third kappa shape index (κ3) is 2.01. The Labute approximate surface area is 76.2 Å². The maximum absolute atomic E-state index is 8.89. The van der Waals surface area contributed by atoms with Crippen molar-refractivity contribution >= 4 is 0 Å². The molecule has 1 atom stereocenters. The summed E-state index contributed by atoms with van der Waals surface area (Å²) in [6.07, 6.45) is 2.49. The molecule has 0 radical (unpaired) electrons. The molecule has 0 aromatic heterocycles. The highest BCUT2D eigenvalue weighted by atomic mass is 16.3. The molecule has 0 spiro atoms. The molecule has 1 rings (SSSR count). The van der Waals surface area contributed by atoms with Crippen molar-refractivity contribution in [2.24, 2.45) is 23.2 Å². The number of rotatable bonds is 2. The molecular weight excluding hydrogens is 148 g/mol. The average molecular weight is 170 g/mol. The monoisotopic (exact) mass is 170 g/mol. The van der Waals surface area contributed by atoms with Gasteiger partial charge in [0.05, 0.1) is 0 Å². The van der Waals surface area contributed by atoms with Crippen LogP contribution in [0.25, 0.3) is 0 Å². The van der Waals surface area contributed by atoms with Gasteiger partial charge in [0.25, 0.3) is 0 Å². The van der Waals surface area contributed by atoms with Crippen LogP contribution in [0.2, 0.25) is 0 Å². The minimum Gasteiger partial charge on any atom is -0.396 e. The van der Waals surface area contributed by atoms with Gasteiger partial charge in [0.2, 0.25) is 0 Å². The third-order valence-corrected chi connectivity index (χ3v) is 3.60. The molecule has 0 aromatic rings. The molecule has 72 valence electrons. The summed E-state index contributed by atoms with van der Waals surface area (Å²) in [6, 6.07) is 0. The van der Waals surface area contributed by atoms with E-state index in [0.29, 0.717) is 17.9 Å². The van der Waals surface area contributed by atoms with Gasteiger partial charge in [-0.1, -0.05) is 27.7 Å². The molecule has 0 bridgehead atoms. The van der Waals surface area contributed by atoms with Crippen molar-refractivity contribution < 1.29 is 5.11 Å². The van der Waals surface area contributed by atoms with E-state index in [1.807, 2.05) is 0 Å². The largest absolute Gasteiger partial charge is 0.396 e. The predicted molar refractivity (Wildman–Crippen MR) is 51.9 cm³/mol. The van der Waals surface area contributed by atoms with E-state index in [1.54, 1.807) is 0 Å².